The van der Waals surface area contributed by atoms with E-state index in [1.165, 1.54) is 45.2 Å². The summed E-state index contributed by atoms with van der Waals surface area (Å²) in [7, 11) is 0. The van der Waals surface area contributed by atoms with Crippen molar-refractivity contribution in [3.8, 4) is 0 Å². The molecule has 2 aromatic heterocycles. The number of piperidine rings is 1. The molecule has 3 rings (SSSR count). The van der Waals surface area contributed by atoms with Gasteiger partial charge in [-0.2, -0.15) is 0 Å². The third-order valence-electron chi connectivity index (χ3n) is 5.16. The zero-order valence-electron chi connectivity index (χ0n) is 17.1. The summed E-state index contributed by atoms with van der Waals surface area (Å²) in [4.78, 5) is 7.38. The van der Waals surface area contributed by atoms with Gasteiger partial charge in [0.2, 0.25) is 0 Å². The van der Waals surface area contributed by atoms with Gasteiger partial charge in [0.1, 0.15) is 6.54 Å². The van der Waals surface area contributed by atoms with Crippen LogP contribution in [0.5, 0.6) is 0 Å². The molecule has 156 valence electrons. The molecule has 1 unspecified atom stereocenters. The summed E-state index contributed by atoms with van der Waals surface area (Å²) in [5.41, 5.74) is 0.856. The van der Waals surface area contributed by atoms with Crippen LogP contribution in [0.15, 0.2) is 29.4 Å². The molecule has 1 fully saturated rings. The number of halogens is 1. The number of hydrogen-bond acceptors (Lipinski definition) is 4. The van der Waals surface area contributed by atoms with Crippen LogP contribution >= 0.6 is 24.0 Å². The molecule has 1 aliphatic heterocycles. The second kappa shape index (κ2) is 12.2. The van der Waals surface area contributed by atoms with E-state index < -0.39 is 0 Å². The van der Waals surface area contributed by atoms with Crippen molar-refractivity contribution in [2.24, 2.45) is 4.99 Å². The van der Waals surface area contributed by atoms with Crippen molar-refractivity contribution in [1.82, 2.24) is 30.1 Å². The molecule has 0 radical (unpaired) electrons. The topological polar surface area (TPSA) is 69.8 Å². The summed E-state index contributed by atoms with van der Waals surface area (Å²) in [6, 6.07) is 6.51. The van der Waals surface area contributed by atoms with Gasteiger partial charge in [-0.05, 0) is 51.4 Å². The largest absolute Gasteiger partial charge is 0.357 e. The van der Waals surface area contributed by atoms with E-state index in [9.17, 15) is 0 Å². The van der Waals surface area contributed by atoms with Crippen molar-refractivity contribution in [1.29, 1.82) is 0 Å². The number of nitrogens with one attached hydrogen (secondary N) is 2. The number of aromatic nitrogens is 3. The van der Waals surface area contributed by atoms with Crippen molar-refractivity contribution in [2.75, 3.05) is 26.2 Å². The predicted octanol–water partition coefficient (Wildman–Crippen LogP) is 3.06. The second-order valence-electron chi connectivity index (χ2n) is 7.16. The van der Waals surface area contributed by atoms with Crippen LogP contribution in [0.2, 0.25) is 0 Å². The second-order valence-corrected chi connectivity index (χ2v) is 7.16. The molecule has 7 nitrogen and oxygen atoms in total. The van der Waals surface area contributed by atoms with Crippen LogP contribution in [0, 0.1) is 0 Å². The number of guanidine groups is 1. The Kier molecular flexibility index (Phi) is 9.97. The van der Waals surface area contributed by atoms with E-state index in [1.54, 1.807) is 0 Å². The number of pyridine rings is 1. The Morgan fingerprint density at radius 2 is 2.11 bits per heavy atom. The SMILES string of the molecule is CCCCN1CCCCC1CNC(=NCc1nnc2ccccn12)NCC.I. The fourth-order valence-electron chi connectivity index (χ4n) is 3.65. The lowest BCUT2D eigenvalue weighted by Crippen LogP contribution is -2.49. The Hall–Kier alpha value is -1.42. The molecule has 0 bridgehead atoms. The third-order valence-corrected chi connectivity index (χ3v) is 5.16. The van der Waals surface area contributed by atoms with Crippen LogP contribution in [0.25, 0.3) is 5.65 Å². The molecule has 1 atom stereocenters. The lowest BCUT2D eigenvalue weighted by Gasteiger charge is -2.36. The zero-order valence-corrected chi connectivity index (χ0v) is 19.4. The van der Waals surface area contributed by atoms with Gasteiger partial charge in [-0.25, -0.2) is 4.99 Å². The molecule has 3 heterocycles. The summed E-state index contributed by atoms with van der Waals surface area (Å²) in [6.07, 6.45) is 8.44. The quantitative estimate of drug-likeness (QED) is 0.332. The van der Waals surface area contributed by atoms with Crippen LogP contribution in [-0.2, 0) is 6.54 Å². The number of nitrogens with zero attached hydrogens (tertiary/aromatic N) is 5. The number of aliphatic imine (C=N–C) groups is 1. The van der Waals surface area contributed by atoms with Gasteiger partial charge in [0, 0.05) is 25.3 Å². The molecular formula is C20H34IN7. The van der Waals surface area contributed by atoms with E-state index in [2.05, 4.69) is 39.6 Å². The summed E-state index contributed by atoms with van der Waals surface area (Å²) < 4.78 is 1.99. The van der Waals surface area contributed by atoms with E-state index in [-0.39, 0.29) is 24.0 Å². The number of fused-ring (bicyclic) bond motifs is 1. The van der Waals surface area contributed by atoms with Gasteiger partial charge in [0.15, 0.2) is 17.4 Å². The summed E-state index contributed by atoms with van der Waals surface area (Å²) in [6.45, 7) is 9.09. The molecule has 1 aliphatic rings. The average molecular weight is 499 g/mol. The van der Waals surface area contributed by atoms with Crippen molar-refractivity contribution >= 4 is 35.6 Å². The van der Waals surface area contributed by atoms with Gasteiger partial charge in [-0.1, -0.05) is 25.8 Å². The summed E-state index contributed by atoms with van der Waals surface area (Å²) in [5.74, 6) is 1.70. The van der Waals surface area contributed by atoms with Gasteiger partial charge in [-0.15, -0.1) is 34.2 Å². The number of rotatable bonds is 8. The first kappa shape index (κ1) is 22.9. The minimum Gasteiger partial charge on any atom is -0.357 e. The van der Waals surface area contributed by atoms with Crippen molar-refractivity contribution in [3.63, 3.8) is 0 Å². The Balaban J connectivity index is 0.00000280. The zero-order chi connectivity index (χ0) is 18.9. The first-order valence-electron chi connectivity index (χ1n) is 10.4. The van der Waals surface area contributed by atoms with E-state index >= 15 is 0 Å². The Morgan fingerprint density at radius 1 is 1.21 bits per heavy atom. The van der Waals surface area contributed by atoms with E-state index in [0.717, 1.165) is 30.5 Å². The van der Waals surface area contributed by atoms with Crippen LogP contribution in [0.3, 0.4) is 0 Å². The van der Waals surface area contributed by atoms with Gasteiger partial charge < -0.3 is 10.6 Å². The molecular weight excluding hydrogens is 465 g/mol. The fourth-order valence-corrected chi connectivity index (χ4v) is 3.65. The molecule has 2 aromatic rings. The molecule has 0 aliphatic carbocycles. The van der Waals surface area contributed by atoms with Crippen LogP contribution in [0.1, 0.15) is 51.8 Å². The van der Waals surface area contributed by atoms with E-state index in [0.29, 0.717) is 12.6 Å². The highest BCUT2D eigenvalue weighted by molar-refractivity contribution is 14.0. The van der Waals surface area contributed by atoms with Gasteiger partial charge >= 0.3 is 0 Å². The van der Waals surface area contributed by atoms with Gasteiger partial charge in [-0.3, -0.25) is 9.30 Å². The highest BCUT2D eigenvalue weighted by Gasteiger charge is 2.21. The maximum Gasteiger partial charge on any atom is 0.191 e. The minimum atomic E-state index is 0. The Labute approximate surface area is 185 Å². The van der Waals surface area contributed by atoms with Crippen molar-refractivity contribution < 1.29 is 0 Å². The highest BCUT2D eigenvalue weighted by Crippen LogP contribution is 2.17. The molecule has 8 heteroatoms. The molecule has 1 saturated heterocycles. The minimum absolute atomic E-state index is 0. The first-order valence-corrected chi connectivity index (χ1v) is 10.4. The molecule has 0 aromatic carbocycles. The summed E-state index contributed by atoms with van der Waals surface area (Å²) >= 11 is 0. The monoisotopic (exact) mass is 499 g/mol. The smallest absolute Gasteiger partial charge is 0.191 e. The fraction of sp³-hybridized carbons (Fsp3) is 0.650. The number of unbranched alkanes of at least 4 members (excludes halogenated alkanes) is 1. The van der Waals surface area contributed by atoms with E-state index in [1.807, 2.05) is 28.8 Å². The Bertz CT molecular complexity index is 730. The van der Waals surface area contributed by atoms with Crippen molar-refractivity contribution in [3.05, 3.63) is 30.2 Å². The lowest BCUT2D eigenvalue weighted by molar-refractivity contribution is 0.147. The number of likely N-dealkylation sites (tertiary alicyclic amines) is 1. The number of hydrogen-bond donors (Lipinski definition) is 2. The first-order chi connectivity index (χ1) is 13.3. The molecule has 0 saturated carbocycles. The van der Waals surface area contributed by atoms with Crippen molar-refractivity contribution in [2.45, 2.75) is 58.5 Å². The average Bonchev–Trinajstić information content (AvgIpc) is 3.12. The van der Waals surface area contributed by atoms with Gasteiger partial charge in [0.05, 0.1) is 0 Å². The maximum atomic E-state index is 4.73. The van der Waals surface area contributed by atoms with Crippen LogP contribution < -0.4 is 10.6 Å². The maximum absolute atomic E-state index is 4.73. The summed E-state index contributed by atoms with van der Waals surface area (Å²) in [5, 5.41) is 15.4. The van der Waals surface area contributed by atoms with Crippen LogP contribution in [-0.4, -0.2) is 57.7 Å². The normalized spacial score (nSPS) is 18.1. The lowest BCUT2D eigenvalue weighted by atomic mass is 10.0. The molecule has 28 heavy (non-hydrogen) atoms. The Morgan fingerprint density at radius 3 is 2.93 bits per heavy atom. The molecule has 0 spiro atoms. The highest BCUT2D eigenvalue weighted by atomic mass is 127. The predicted molar refractivity (Wildman–Crippen MR) is 125 cm³/mol. The standard InChI is InChI=1S/C20H33N7.HI/c1-3-5-12-26-13-8-6-10-17(26)15-22-20(21-4-2)23-16-19-25-24-18-11-7-9-14-27(18)19;/h7,9,11,14,17H,3-6,8,10,12-13,15-16H2,1-2H3,(H2,21,22,23);1H. The molecule has 2 N–H and O–H groups in total. The third kappa shape index (κ3) is 6.30. The van der Waals surface area contributed by atoms with Crippen LogP contribution in [0.4, 0.5) is 0 Å². The molecule has 0 amide bonds. The van der Waals surface area contributed by atoms with Gasteiger partial charge in [0.25, 0.3) is 0 Å². The van der Waals surface area contributed by atoms with E-state index in [4.69, 9.17) is 4.99 Å².